The number of aromatic nitrogens is 2. The number of esters is 1. The van der Waals surface area contributed by atoms with Crippen molar-refractivity contribution < 1.29 is 23.5 Å². The van der Waals surface area contributed by atoms with E-state index < -0.39 is 5.97 Å². The van der Waals surface area contributed by atoms with Gasteiger partial charge < -0.3 is 19.2 Å². The third kappa shape index (κ3) is 5.53. The molecule has 174 valence electrons. The lowest BCUT2D eigenvalue weighted by Gasteiger charge is -2.08. The smallest absolute Gasteiger partial charge is 0.337 e. The molecule has 34 heavy (non-hydrogen) atoms. The number of benzene rings is 2. The van der Waals surface area contributed by atoms with Crippen LogP contribution in [0.1, 0.15) is 43.6 Å². The van der Waals surface area contributed by atoms with Gasteiger partial charge >= 0.3 is 5.97 Å². The van der Waals surface area contributed by atoms with E-state index in [-0.39, 0.29) is 18.3 Å². The highest BCUT2D eigenvalue weighted by Gasteiger charge is 2.13. The lowest BCUT2D eigenvalue weighted by molar-refractivity contribution is 0.0600. The van der Waals surface area contributed by atoms with E-state index in [1.54, 1.807) is 36.4 Å². The van der Waals surface area contributed by atoms with Crippen molar-refractivity contribution in [2.45, 2.75) is 27.0 Å². The van der Waals surface area contributed by atoms with Crippen molar-refractivity contribution in [3.05, 3.63) is 101 Å². The summed E-state index contributed by atoms with van der Waals surface area (Å²) in [6.07, 6.45) is 0. The number of rotatable bonds is 8. The zero-order chi connectivity index (χ0) is 24.1. The first-order valence-electron chi connectivity index (χ1n) is 10.7. The SMILES string of the molecule is COC(=O)c1ccc(OCc2ccc(C(=O)Nc3cccc(Cn4nc(C)cc4C)c3)o2)cc1. The van der Waals surface area contributed by atoms with Gasteiger partial charge in [0.2, 0.25) is 0 Å². The second-order valence-corrected chi connectivity index (χ2v) is 7.81. The number of carbonyl (C=O) groups is 2. The number of methoxy groups -OCH3 is 1. The molecule has 0 aliphatic rings. The fourth-order valence-electron chi connectivity index (χ4n) is 3.49. The fourth-order valence-corrected chi connectivity index (χ4v) is 3.49. The number of nitrogens with zero attached hydrogens (tertiary/aromatic N) is 2. The van der Waals surface area contributed by atoms with E-state index in [0.717, 1.165) is 17.0 Å². The summed E-state index contributed by atoms with van der Waals surface area (Å²) < 4.78 is 17.9. The normalized spacial score (nSPS) is 10.7. The molecule has 2 aromatic carbocycles. The molecule has 0 bridgehead atoms. The standard InChI is InChI=1S/C26H25N3O5/c1-17-13-18(2)29(28-17)15-19-5-4-6-21(14-19)27-25(30)24-12-11-23(34-24)16-33-22-9-7-20(8-10-22)26(31)32-3/h4-14H,15-16H2,1-3H3,(H,27,30). The van der Waals surface area contributed by atoms with Crippen LogP contribution in [0.4, 0.5) is 5.69 Å². The van der Waals surface area contributed by atoms with E-state index in [2.05, 4.69) is 15.2 Å². The molecule has 4 rings (SSSR count). The molecule has 0 atom stereocenters. The first-order chi connectivity index (χ1) is 16.4. The van der Waals surface area contributed by atoms with Gasteiger partial charge in [0.15, 0.2) is 5.76 Å². The van der Waals surface area contributed by atoms with Crippen LogP contribution in [0.3, 0.4) is 0 Å². The minimum atomic E-state index is -0.412. The van der Waals surface area contributed by atoms with E-state index >= 15 is 0 Å². The predicted molar refractivity (Wildman–Crippen MR) is 126 cm³/mol. The van der Waals surface area contributed by atoms with Gasteiger partial charge in [0.1, 0.15) is 18.1 Å². The first kappa shape index (κ1) is 22.8. The van der Waals surface area contributed by atoms with Gasteiger partial charge in [0, 0.05) is 11.4 Å². The first-order valence-corrected chi connectivity index (χ1v) is 10.7. The Morgan fingerprint density at radius 3 is 2.53 bits per heavy atom. The van der Waals surface area contributed by atoms with Crippen LogP contribution in [-0.4, -0.2) is 28.8 Å². The highest BCUT2D eigenvalue weighted by molar-refractivity contribution is 6.02. The number of nitrogens with one attached hydrogen (secondary N) is 1. The van der Waals surface area contributed by atoms with E-state index in [0.29, 0.717) is 29.3 Å². The second kappa shape index (κ2) is 10.1. The van der Waals surface area contributed by atoms with Gasteiger partial charge in [-0.1, -0.05) is 12.1 Å². The van der Waals surface area contributed by atoms with Crippen molar-refractivity contribution in [2.24, 2.45) is 0 Å². The van der Waals surface area contributed by atoms with Crippen LogP contribution in [0.15, 0.2) is 71.1 Å². The van der Waals surface area contributed by atoms with Crippen LogP contribution < -0.4 is 10.1 Å². The number of amides is 1. The lowest BCUT2D eigenvalue weighted by Crippen LogP contribution is -2.11. The molecule has 1 amide bonds. The van der Waals surface area contributed by atoms with Gasteiger partial charge in [0.05, 0.1) is 24.9 Å². The van der Waals surface area contributed by atoms with Crippen molar-refractivity contribution >= 4 is 17.6 Å². The van der Waals surface area contributed by atoms with Crippen LogP contribution in [0.5, 0.6) is 5.75 Å². The maximum atomic E-state index is 12.7. The van der Waals surface area contributed by atoms with Crippen molar-refractivity contribution in [1.29, 1.82) is 0 Å². The van der Waals surface area contributed by atoms with E-state index in [9.17, 15) is 9.59 Å². The molecule has 0 radical (unpaired) electrons. The van der Waals surface area contributed by atoms with E-state index in [4.69, 9.17) is 9.15 Å². The maximum Gasteiger partial charge on any atom is 0.337 e. The monoisotopic (exact) mass is 459 g/mol. The molecular weight excluding hydrogens is 434 g/mol. The summed E-state index contributed by atoms with van der Waals surface area (Å²) in [6.45, 7) is 4.74. The molecule has 8 nitrogen and oxygen atoms in total. The third-order valence-electron chi connectivity index (χ3n) is 5.16. The molecule has 2 heterocycles. The van der Waals surface area contributed by atoms with Crippen molar-refractivity contribution in [3.8, 4) is 5.75 Å². The topological polar surface area (TPSA) is 95.6 Å². The molecule has 1 N–H and O–H groups in total. The largest absolute Gasteiger partial charge is 0.486 e. The summed E-state index contributed by atoms with van der Waals surface area (Å²) >= 11 is 0. The van der Waals surface area contributed by atoms with Gasteiger partial charge in [-0.15, -0.1) is 0 Å². The Morgan fingerprint density at radius 1 is 1.03 bits per heavy atom. The number of ether oxygens (including phenoxy) is 2. The van der Waals surface area contributed by atoms with Gasteiger partial charge in [-0.3, -0.25) is 9.48 Å². The Hall–Kier alpha value is -4.33. The molecule has 0 spiro atoms. The molecule has 0 saturated carbocycles. The quantitative estimate of drug-likeness (QED) is 0.382. The maximum absolute atomic E-state index is 12.7. The summed E-state index contributed by atoms with van der Waals surface area (Å²) in [5.41, 5.74) is 4.18. The Bertz CT molecular complexity index is 1300. The minimum Gasteiger partial charge on any atom is -0.486 e. The second-order valence-electron chi connectivity index (χ2n) is 7.81. The Balaban J connectivity index is 1.34. The van der Waals surface area contributed by atoms with Crippen molar-refractivity contribution in [3.63, 3.8) is 0 Å². The number of carbonyl (C=O) groups excluding carboxylic acids is 2. The van der Waals surface area contributed by atoms with Crippen LogP contribution in [-0.2, 0) is 17.9 Å². The number of hydrogen-bond acceptors (Lipinski definition) is 6. The summed E-state index contributed by atoms with van der Waals surface area (Å²) in [7, 11) is 1.33. The van der Waals surface area contributed by atoms with Crippen LogP contribution in [0.25, 0.3) is 0 Å². The third-order valence-corrected chi connectivity index (χ3v) is 5.16. The van der Waals surface area contributed by atoms with Gasteiger partial charge in [-0.25, -0.2) is 4.79 Å². The molecule has 8 heteroatoms. The molecule has 0 aliphatic heterocycles. The summed E-state index contributed by atoms with van der Waals surface area (Å²) in [4.78, 5) is 24.1. The molecule has 0 aliphatic carbocycles. The molecular formula is C26H25N3O5. The number of hydrogen-bond donors (Lipinski definition) is 1. The summed E-state index contributed by atoms with van der Waals surface area (Å²) in [6, 6.07) is 19.5. The van der Waals surface area contributed by atoms with Crippen LogP contribution >= 0.6 is 0 Å². The number of anilines is 1. The van der Waals surface area contributed by atoms with Gasteiger partial charge in [0.25, 0.3) is 5.91 Å². The fraction of sp³-hybridized carbons (Fsp3) is 0.192. The minimum absolute atomic E-state index is 0.142. The predicted octanol–water partition coefficient (Wildman–Crippen LogP) is 4.76. The molecule has 0 saturated heterocycles. The highest BCUT2D eigenvalue weighted by atomic mass is 16.5. The lowest BCUT2D eigenvalue weighted by atomic mass is 10.2. The number of furan rings is 1. The molecule has 0 unspecified atom stereocenters. The average molecular weight is 460 g/mol. The summed E-state index contributed by atoms with van der Waals surface area (Å²) in [5.74, 6) is 0.487. The molecule has 4 aromatic rings. The zero-order valence-corrected chi connectivity index (χ0v) is 19.2. The highest BCUT2D eigenvalue weighted by Crippen LogP contribution is 2.18. The van der Waals surface area contributed by atoms with Crippen LogP contribution in [0.2, 0.25) is 0 Å². The van der Waals surface area contributed by atoms with E-state index in [1.807, 2.05) is 48.9 Å². The molecule has 0 fully saturated rings. The number of aryl methyl sites for hydroxylation is 2. The van der Waals surface area contributed by atoms with Crippen molar-refractivity contribution in [2.75, 3.05) is 12.4 Å². The van der Waals surface area contributed by atoms with E-state index in [1.165, 1.54) is 7.11 Å². The Labute approximate surface area is 197 Å². The average Bonchev–Trinajstić information content (AvgIpc) is 3.43. The summed E-state index contributed by atoms with van der Waals surface area (Å²) in [5, 5.41) is 7.35. The Kier molecular flexibility index (Phi) is 6.77. The zero-order valence-electron chi connectivity index (χ0n) is 19.2. The van der Waals surface area contributed by atoms with Gasteiger partial charge in [-0.2, -0.15) is 5.10 Å². The van der Waals surface area contributed by atoms with Crippen LogP contribution in [0, 0.1) is 13.8 Å². The Morgan fingerprint density at radius 2 is 1.82 bits per heavy atom. The molecule has 2 aromatic heterocycles. The van der Waals surface area contributed by atoms with Crippen molar-refractivity contribution in [1.82, 2.24) is 9.78 Å². The van der Waals surface area contributed by atoms with Gasteiger partial charge in [-0.05, 0) is 74.0 Å².